The van der Waals surface area contributed by atoms with E-state index in [2.05, 4.69) is 17.1 Å². The van der Waals surface area contributed by atoms with Crippen LogP contribution in [0, 0.1) is 0 Å². The van der Waals surface area contributed by atoms with Crippen LogP contribution in [0.2, 0.25) is 0 Å². The van der Waals surface area contributed by atoms with E-state index >= 15 is 0 Å². The molecule has 4 nitrogen and oxygen atoms in total. The van der Waals surface area contributed by atoms with Gasteiger partial charge in [0.25, 0.3) is 0 Å². The number of pyridine rings is 2. The molecule has 0 saturated heterocycles. The molecule has 3 heterocycles. The summed E-state index contributed by atoms with van der Waals surface area (Å²) in [5.74, 6) is 0.635. The zero-order valence-corrected chi connectivity index (χ0v) is 10.5. The molecule has 1 aliphatic carbocycles. The molecular weight excluding hydrogens is 236 g/mol. The highest BCUT2D eigenvalue weighted by Gasteiger charge is 2.30. The summed E-state index contributed by atoms with van der Waals surface area (Å²) < 4.78 is 1.95. The minimum atomic E-state index is 0.635. The predicted octanol–water partition coefficient (Wildman–Crippen LogP) is 2.86. The molecule has 3 aromatic heterocycles. The average Bonchev–Trinajstić information content (AvgIpc) is 3.18. The van der Waals surface area contributed by atoms with Crippen molar-refractivity contribution in [2.75, 3.05) is 5.73 Å². The van der Waals surface area contributed by atoms with Crippen molar-refractivity contribution in [2.24, 2.45) is 0 Å². The van der Waals surface area contributed by atoms with Crippen LogP contribution in [-0.4, -0.2) is 14.6 Å². The molecule has 1 aliphatic rings. The van der Waals surface area contributed by atoms with Gasteiger partial charge in [-0.15, -0.1) is 0 Å². The minimum Gasteiger partial charge on any atom is -0.397 e. The van der Waals surface area contributed by atoms with Gasteiger partial charge in [0.05, 0.1) is 16.9 Å². The van der Waals surface area contributed by atoms with Crippen molar-refractivity contribution in [1.29, 1.82) is 0 Å². The zero-order valence-electron chi connectivity index (χ0n) is 10.5. The van der Waals surface area contributed by atoms with Crippen molar-refractivity contribution < 1.29 is 0 Å². The van der Waals surface area contributed by atoms with Gasteiger partial charge in [0.15, 0.2) is 0 Å². The number of hydrogen-bond acceptors (Lipinski definition) is 3. The number of aromatic nitrogens is 3. The molecule has 19 heavy (non-hydrogen) atoms. The molecule has 0 bridgehead atoms. The van der Waals surface area contributed by atoms with E-state index in [0.29, 0.717) is 11.6 Å². The van der Waals surface area contributed by atoms with Gasteiger partial charge in [-0.2, -0.15) is 5.10 Å². The van der Waals surface area contributed by atoms with Crippen LogP contribution in [0.3, 0.4) is 0 Å². The molecule has 0 atom stereocenters. The standard InChI is InChI=1S/C15H14N4/c16-12-7-11(8-17-9-12)15-14(10-4-5-10)13-3-1-2-6-19(13)18-15/h1-3,6-10H,4-5,16H2. The van der Waals surface area contributed by atoms with Gasteiger partial charge in [-0.3, -0.25) is 4.98 Å². The van der Waals surface area contributed by atoms with Crippen LogP contribution in [0.25, 0.3) is 16.8 Å². The van der Waals surface area contributed by atoms with Crippen LogP contribution in [0.4, 0.5) is 5.69 Å². The van der Waals surface area contributed by atoms with Crippen molar-refractivity contribution >= 4 is 11.2 Å². The van der Waals surface area contributed by atoms with E-state index in [1.807, 2.05) is 29.0 Å². The largest absolute Gasteiger partial charge is 0.397 e. The summed E-state index contributed by atoms with van der Waals surface area (Å²) in [5.41, 5.74) is 11.1. The van der Waals surface area contributed by atoms with Gasteiger partial charge in [-0.05, 0) is 37.0 Å². The Bertz CT molecular complexity index is 756. The molecule has 1 saturated carbocycles. The fourth-order valence-corrected chi connectivity index (χ4v) is 2.59. The van der Waals surface area contributed by atoms with Gasteiger partial charge >= 0.3 is 0 Å². The molecule has 2 N–H and O–H groups in total. The second kappa shape index (κ2) is 3.82. The molecule has 0 spiro atoms. The highest BCUT2D eigenvalue weighted by molar-refractivity contribution is 5.75. The first-order valence-corrected chi connectivity index (χ1v) is 6.51. The second-order valence-electron chi connectivity index (χ2n) is 5.07. The lowest BCUT2D eigenvalue weighted by molar-refractivity contribution is 0.965. The summed E-state index contributed by atoms with van der Waals surface area (Å²) in [6, 6.07) is 8.13. The van der Waals surface area contributed by atoms with Gasteiger partial charge in [-0.25, -0.2) is 4.52 Å². The van der Waals surface area contributed by atoms with Crippen molar-refractivity contribution in [3.8, 4) is 11.3 Å². The maximum Gasteiger partial charge on any atom is 0.0984 e. The quantitative estimate of drug-likeness (QED) is 0.760. The molecule has 94 valence electrons. The smallest absolute Gasteiger partial charge is 0.0984 e. The molecule has 0 amide bonds. The van der Waals surface area contributed by atoms with E-state index in [-0.39, 0.29) is 0 Å². The molecule has 0 radical (unpaired) electrons. The summed E-state index contributed by atoms with van der Waals surface area (Å²) in [4.78, 5) is 4.18. The van der Waals surface area contributed by atoms with Crippen LogP contribution in [-0.2, 0) is 0 Å². The Morgan fingerprint density at radius 1 is 1.21 bits per heavy atom. The summed E-state index contributed by atoms with van der Waals surface area (Å²) >= 11 is 0. The number of nitrogens with two attached hydrogens (primary N) is 1. The lowest BCUT2D eigenvalue weighted by atomic mass is 10.0. The Kier molecular flexibility index (Phi) is 2.12. The van der Waals surface area contributed by atoms with Crippen LogP contribution < -0.4 is 5.73 Å². The maximum atomic E-state index is 5.83. The molecule has 0 aromatic carbocycles. The van der Waals surface area contributed by atoms with E-state index in [1.54, 1.807) is 6.20 Å². The van der Waals surface area contributed by atoms with E-state index < -0.39 is 0 Å². The van der Waals surface area contributed by atoms with Crippen LogP contribution in [0.5, 0.6) is 0 Å². The minimum absolute atomic E-state index is 0.635. The van der Waals surface area contributed by atoms with E-state index in [1.165, 1.54) is 23.9 Å². The van der Waals surface area contributed by atoms with Crippen molar-refractivity contribution in [3.05, 3.63) is 48.4 Å². The number of nitrogen functional groups attached to an aromatic ring is 1. The summed E-state index contributed by atoms with van der Waals surface area (Å²) in [5, 5.41) is 4.71. The Morgan fingerprint density at radius 3 is 2.89 bits per heavy atom. The molecule has 1 fully saturated rings. The molecule has 4 rings (SSSR count). The van der Waals surface area contributed by atoms with Crippen LogP contribution in [0.15, 0.2) is 42.9 Å². The Morgan fingerprint density at radius 2 is 2.11 bits per heavy atom. The molecule has 3 aromatic rings. The third kappa shape index (κ3) is 1.68. The lowest BCUT2D eigenvalue weighted by Gasteiger charge is -2.01. The Balaban J connectivity index is 2.00. The van der Waals surface area contributed by atoms with E-state index in [4.69, 9.17) is 10.8 Å². The molecule has 0 aliphatic heterocycles. The van der Waals surface area contributed by atoms with E-state index in [9.17, 15) is 0 Å². The van der Waals surface area contributed by atoms with Crippen molar-refractivity contribution in [3.63, 3.8) is 0 Å². The normalized spacial score (nSPS) is 14.9. The third-order valence-electron chi connectivity index (χ3n) is 3.60. The number of rotatable bonds is 2. The first kappa shape index (κ1) is 10.6. The second-order valence-corrected chi connectivity index (χ2v) is 5.07. The predicted molar refractivity (Wildman–Crippen MR) is 74.8 cm³/mol. The first-order chi connectivity index (χ1) is 9.33. The van der Waals surface area contributed by atoms with Crippen LogP contribution in [0.1, 0.15) is 24.3 Å². The topological polar surface area (TPSA) is 56.2 Å². The summed E-state index contributed by atoms with van der Waals surface area (Å²) in [6.45, 7) is 0. The van der Waals surface area contributed by atoms with Gasteiger partial charge in [0, 0.05) is 29.7 Å². The van der Waals surface area contributed by atoms with Crippen LogP contribution >= 0.6 is 0 Å². The Hall–Kier alpha value is -2.36. The van der Waals surface area contributed by atoms with E-state index in [0.717, 1.165) is 11.3 Å². The van der Waals surface area contributed by atoms with Gasteiger partial charge in [0.2, 0.25) is 0 Å². The van der Waals surface area contributed by atoms with Crippen molar-refractivity contribution in [2.45, 2.75) is 18.8 Å². The molecule has 0 unspecified atom stereocenters. The third-order valence-corrected chi connectivity index (χ3v) is 3.60. The molecular formula is C15H14N4. The van der Waals surface area contributed by atoms with Gasteiger partial charge in [0.1, 0.15) is 0 Å². The number of anilines is 1. The van der Waals surface area contributed by atoms with Crippen molar-refractivity contribution in [1.82, 2.24) is 14.6 Å². The average molecular weight is 250 g/mol. The fourth-order valence-electron chi connectivity index (χ4n) is 2.59. The number of fused-ring (bicyclic) bond motifs is 1. The summed E-state index contributed by atoms with van der Waals surface area (Å²) in [6.07, 6.45) is 7.99. The lowest BCUT2D eigenvalue weighted by Crippen LogP contribution is -1.90. The van der Waals surface area contributed by atoms with Gasteiger partial charge < -0.3 is 5.73 Å². The zero-order chi connectivity index (χ0) is 12.8. The number of hydrogen-bond donors (Lipinski definition) is 1. The monoisotopic (exact) mass is 250 g/mol. The highest BCUT2D eigenvalue weighted by atomic mass is 15.2. The number of nitrogens with zero attached hydrogens (tertiary/aromatic N) is 3. The SMILES string of the molecule is Nc1cncc(-c2nn3ccccc3c2C2CC2)c1. The highest BCUT2D eigenvalue weighted by Crippen LogP contribution is 2.46. The summed E-state index contributed by atoms with van der Waals surface area (Å²) in [7, 11) is 0. The van der Waals surface area contributed by atoms with Gasteiger partial charge in [-0.1, -0.05) is 6.07 Å². The Labute approximate surface area is 110 Å². The molecule has 4 heteroatoms. The fraction of sp³-hybridized carbons (Fsp3) is 0.200. The maximum absolute atomic E-state index is 5.83. The first-order valence-electron chi connectivity index (χ1n) is 6.51.